The van der Waals surface area contributed by atoms with Crippen LogP contribution in [0.1, 0.15) is 38.2 Å². The molecule has 19 heavy (non-hydrogen) atoms. The molecular weight excluding hydrogens is 262 g/mol. The number of nitrogens with zero attached hydrogens (tertiary/aromatic N) is 1. The Bertz CT molecular complexity index is 435. The number of hydrogen-bond acceptors (Lipinski definition) is 3. The summed E-state index contributed by atoms with van der Waals surface area (Å²) in [4.78, 5) is 16.3. The molecule has 0 aliphatic rings. The van der Waals surface area contributed by atoms with Crippen molar-refractivity contribution in [2.75, 3.05) is 18.4 Å². The quantitative estimate of drug-likeness (QED) is 0.843. The van der Waals surface area contributed by atoms with Crippen LogP contribution >= 0.6 is 11.6 Å². The Balaban J connectivity index is 2.73. The molecule has 1 rings (SSSR count). The number of rotatable bonds is 6. The Kier molecular flexibility index (Phi) is 6.09. The Morgan fingerprint density at radius 3 is 2.63 bits per heavy atom. The fraction of sp³-hybridized carbons (Fsp3) is 0.571. The first-order valence-electron chi connectivity index (χ1n) is 6.64. The average Bonchev–Trinajstić information content (AvgIpc) is 2.37. The minimum absolute atomic E-state index is 0.225. The number of carbonyl (C=O) groups is 1. The van der Waals surface area contributed by atoms with Crippen molar-refractivity contribution in [1.82, 2.24) is 10.3 Å². The molecule has 1 heterocycles. The number of pyridine rings is 1. The second-order valence-corrected chi connectivity index (χ2v) is 5.40. The van der Waals surface area contributed by atoms with E-state index in [2.05, 4.69) is 36.4 Å². The fourth-order valence-electron chi connectivity index (χ4n) is 1.45. The molecule has 4 nitrogen and oxygen atoms in total. The van der Waals surface area contributed by atoms with Gasteiger partial charge in [-0.3, -0.25) is 4.79 Å². The summed E-state index contributed by atoms with van der Waals surface area (Å²) >= 11 is 6.02. The van der Waals surface area contributed by atoms with Crippen LogP contribution in [0.3, 0.4) is 0 Å². The lowest BCUT2D eigenvalue weighted by molar-refractivity contribution is 0.0940. The van der Waals surface area contributed by atoms with Gasteiger partial charge in [0.25, 0.3) is 5.91 Å². The van der Waals surface area contributed by atoms with Gasteiger partial charge in [0.2, 0.25) is 0 Å². The SMILES string of the molecule is CCNc1ccc(Cl)c(C(=O)NCC(C)C(C)C)n1. The lowest BCUT2D eigenvalue weighted by Crippen LogP contribution is -2.31. The third kappa shape index (κ3) is 4.71. The van der Waals surface area contributed by atoms with Crippen LogP contribution in [0.5, 0.6) is 0 Å². The van der Waals surface area contributed by atoms with Crippen LogP contribution in [-0.2, 0) is 0 Å². The topological polar surface area (TPSA) is 54.0 Å². The number of amides is 1. The predicted molar refractivity (Wildman–Crippen MR) is 79.7 cm³/mol. The van der Waals surface area contributed by atoms with Gasteiger partial charge >= 0.3 is 0 Å². The minimum Gasteiger partial charge on any atom is -0.370 e. The van der Waals surface area contributed by atoms with Gasteiger partial charge in [-0.05, 0) is 30.9 Å². The van der Waals surface area contributed by atoms with E-state index < -0.39 is 0 Å². The van der Waals surface area contributed by atoms with Gasteiger partial charge in [-0.2, -0.15) is 0 Å². The van der Waals surface area contributed by atoms with Gasteiger partial charge in [-0.25, -0.2) is 4.98 Å². The lowest BCUT2D eigenvalue weighted by Gasteiger charge is -2.16. The minimum atomic E-state index is -0.225. The van der Waals surface area contributed by atoms with Crippen molar-refractivity contribution in [1.29, 1.82) is 0 Å². The first-order valence-corrected chi connectivity index (χ1v) is 7.02. The van der Waals surface area contributed by atoms with Crippen molar-refractivity contribution in [3.05, 3.63) is 22.8 Å². The van der Waals surface area contributed by atoms with Crippen LogP contribution in [0.2, 0.25) is 5.02 Å². The van der Waals surface area contributed by atoms with Gasteiger partial charge in [0.1, 0.15) is 11.5 Å². The molecule has 0 aliphatic heterocycles. The first-order chi connectivity index (χ1) is 8.95. The standard InChI is InChI=1S/C14H22ClN3O/c1-5-16-12-7-6-11(15)13(18-12)14(19)17-8-10(4)9(2)3/h6-7,9-10H,5,8H2,1-4H3,(H,16,18)(H,17,19). The molecule has 0 radical (unpaired) electrons. The highest BCUT2D eigenvalue weighted by atomic mass is 35.5. The Morgan fingerprint density at radius 1 is 1.37 bits per heavy atom. The molecule has 0 spiro atoms. The van der Waals surface area contributed by atoms with Gasteiger partial charge in [0.05, 0.1) is 5.02 Å². The normalized spacial score (nSPS) is 12.3. The van der Waals surface area contributed by atoms with Crippen molar-refractivity contribution in [2.24, 2.45) is 11.8 Å². The highest BCUT2D eigenvalue weighted by Gasteiger charge is 2.15. The summed E-state index contributed by atoms with van der Waals surface area (Å²) < 4.78 is 0. The predicted octanol–water partition coefficient (Wildman–Crippen LogP) is 3.19. The molecule has 2 N–H and O–H groups in total. The Morgan fingerprint density at radius 2 is 2.05 bits per heavy atom. The molecule has 0 aliphatic carbocycles. The fourth-order valence-corrected chi connectivity index (χ4v) is 1.65. The molecule has 5 heteroatoms. The Hall–Kier alpha value is -1.29. The van der Waals surface area contributed by atoms with E-state index in [1.165, 1.54) is 0 Å². The van der Waals surface area contributed by atoms with Crippen LogP contribution in [0.4, 0.5) is 5.82 Å². The average molecular weight is 284 g/mol. The molecule has 106 valence electrons. The van der Waals surface area contributed by atoms with Crippen LogP contribution in [0, 0.1) is 11.8 Å². The molecule has 1 unspecified atom stereocenters. The number of aromatic nitrogens is 1. The molecule has 0 fully saturated rings. The van der Waals surface area contributed by atoms with Crippen LogP contribution in [-0.4, -0.2) is 24.0 Å². The van der Waals surface area contributed by atoms with Crippen LogP contribution in [0.25, 0.3) is 0 Å². The van der Waals surface area contributed by atoms with Crippen molar-refractivity contribution in [3.8, 4) is 0 Å². The maximum absolute atomic E-state index is 12.1. The highest BCUT2D eigenvalue weighted by molar-refractivity contribution is 6.33. The maximum Gasteiger partial charge on any atom is 0.271 e. The number of halogens is 1. The zero-order valence-electron chi connectivity index (χ0n) is 12.0. The van der Waals surface area contributed by atoms with Crippen molar-refractivity contribution in [2.45, 2.75) is 27.7 Å². The molecule has 0 saturated heterocycles. The van der Waals surface area contributed by atoms with E-state index >= 15 is 0 Å². The number of carbonyl (C=O) groups excluding carboxylic acids is 1. The van der Waals surface area contributed by atoms with Gasteiger partial charge in [0.15, 0.2) is 0 Å². The summed E-state index contributed by atoms with van der Waals surface area (Å²) in [6, 6.07) is 3.45. The van der Waals surface area contributed by atoms with E-state index in [0.717, 1.165) is 6.54 Å². The summed E-state index contributed by atoms with van der Waals surface area (Å²) in [5, 5.41) is 6.31. The third-order valence-corrected chi connectivity index (χ3v) is 3.45. The Labute approximate surface area is 120 Å². The molecule has 0 bridgehead atoms. The van der Waals surface area contributed by atoms with Crippen molar-refractivity contribution in [3.63, 3.8) is 0 Å². The zero-order chi connectivity index (χ0) is 14.4. The largest absolute Gasteiger partial charge is 0.370 e. The molecule has 0 saturated carbocycles. The van der Waals surface area contributed by atoms with Crippen molar-refractivity contribution < 1.29 is 4.79 Å². The first kappa shape index (κ1) is 15.8. The van der Waals surface area contributed by atoms with E-state index in [4.69, 9.17) is 11.6 Å². The van der Waals surface area contributed by atoms with E-state index in [-0.39, 0.29) is 11.6 Å². The van der Waals surface area contributed by atoms with E-state index in [0.29, 0.717) is 29.2 Å². The maximum atomic E-state index is 12.1. The van der Waals surface area contributed by atoms with Gasteiger partial charge in [-0.1, -0.05) is 32.4 Å². The summed E-state index contributed by atoms with van der Waals surface area (Å²) in [6.07, 6.45) is 0. The van der Waals surface area contributed by atoms with E-state index in [1.807, 2.05) is 6.92 Å². The van der Waals surface area contributed by atoms with Gasteiger partial charge in [0, 0.05) is 13.1 Å². The number of anilines is 1. The number of nitrogens with one attached hydrogen (secondary N) is 2. The monoisotopic (exact) mass is 283 g/mol. The summed E-state index contributed by atoms with van der Waals surface area (Å²) in [5.74, 6) is 1.38. The van der Waals surface area contributed by atoms with E-state index in [9.17, 15) is 4.79 Å². The van der Waals surface area contributed by atoms with Crippen molar-refractivity contribution >= 4 is 23.3 Å². The molecule has 1 amide bonds. The molecule has 0 aromatic carbocycles. The highest BCUT2D eigenvalue weighted by Crippen LogP contribution is 2.17. The van der Waals surface area contributed by atoms with Gasteiger partial charge < -0.3 is 10.6 Å². The summed E-state index contributed by atoms with van der Waals surface area (Å²) in [5.41, 5.74) is 0.274. The second-order valence-electron chi connectivity index (χ2n) is 4.99. The number of hydrogen-bond donors (Lipinski definition) is 2. The second kappa shape index (κ2) is 7.34. The molecular formula is C14H22ClN3O. The van der Waals surface area contributed by atoms with Crippen LogP contribution in [0.15, 0.2) is 12.1 Å². The van der Waals surface area contributed by atoms with Gasteiger partial charge in [-0.15, -0.1) is 0 Å². The third-order valence-electron chi connectivity index (χ3n) is 3.14. The van der Waals surface area contributed by atoms with Crippen LogP contribution < -0.4 is 10.6 Å². The smallest absolute Gasteiger partial charge is 0.271 e. The lowest BCUT2D eigenvalue weighted by atomic mass is 9.98. The summed E-state index contributed by atoms with van der Waals surface area (Å²) in [7, 11) is 0. The summed E-state index contributed by atoms with van der Waals surface area (Å²) in [6.45, 7) is 9.72. The molecule has 1 aromatic rings. The zero-order valence-corrected chi connectivity index (χ0v) is 12.7. The molecule has 1 aromatic heterocycles. The molecule has 1 atom stereocenters. The van der Waals surface area contributed by atoms with E-state index in [1.54, 1.807) is 12.1 Å².